The maximum absolute atomic E-state index is 13.3. The highest BCUT2D eigenvalue weighted by Gasteiger charge is 2.42. The highest BCUT2D eigenvalue weighted by Crippen LogP contribution is 2.35. The summed E-state index contributed by atoms with van der Waals surface area (Å²) in [5.41, 5.74) is 1.73. The molecule has 9 nitrogen and oxygen atoms in total. The number of carbonyl (C=O) groups excluding carboxylic acids is 2. The van der Waals surface area contributed by atoms with Gasteiger partial charge in [-0.2, -0.15) is 0 Å². The minimum Gasteiger partial charge on any atom is -0.497 e. The molecular formula is C32H39N3O6S. The smallest absolute Gasteiger partial charge is 0.411 e. The Bertz CT molecular complexity index is 1430. The van der Waals surface area contributed by atoms with Crippen molar-refractivity contribution in [1.29, 1.82) is 0 Å². The summed E-state index contributed by atoms with van der Waals surface area (Å²) >= 11 is 5.77. The van der Waals surface area contributed by atoms with Crippen LogP contribution in [0.1, 0.15) is 47.0 Å². The van der Waals surface area contributed by atoms with Crippen molar-refractivity contribution in [3.8, 4) is 22.8 Å². The molecule has 10 heteroatoms. The van der Waals surface area contributed by atoms with E-state index in [1.165, 1.54) is 7.11 Å². The second-order valence-electron chi connectivity index (χ2n) is 11.3. The van der Waals surface area contributed by atoms with E-state index < -0.39 is 35.9 Å². The van der Waals surface area contributed by atoms with Crippen LogP contribution in [0.2, 0.25) is 0 Å². The fraction of sp³-hybridized carbons (Fsp3) is 0.438. The first-order valence-electron chi connectivity index (χ1n) is 14.1. The summed E-state index contributed by atoms with van der Waals surface area (Å²) in [7, 11) is 2.96. The third kappa shape index (κ3) is 7.47. The summed E-state index contributed by atoms with van der Waals surface area (Å²) in [6.45, 7) is 7.68. The van der Waals surface area contributed by atoms with Crippen LogP contribution in [0.25, 0.3) is 22.2 Å². The van der Waals surface area contributed by atoms with E-state index in [4.69, 9.17) is 36.1 Å². The standard InChI is InChI=1S/C32H39N3O6S/c1-7-11-24(30(36)39-6)34-29(42)27-17-22(19-35(27)31(37)41-32(2,3)4)40-28-18-25(20-12-9-8-10-13-20)33-26-16-21(38-5)14-15-23(26)28/h8-10,12-16,18,22,24,27H,7,11,17,19H2,1-6H3,(H,34,42)/t22?,24-,27-/m0/s1. The number of ether oxygens (including phenoxy) is 4. The number of esters is 1. The number of thiocarbonyl (C=S) groups is 1. The molecular weight excluding hydrogens is 554 g/mol. The highest BCUT2D eigenvalue weighted by atomic mass is 32.1. The number of fused-ring (bicyclic) bond motifs is 1. The second-order valence-corrected chi connectivity index (χ2v) is 11.7. The summed E-state index contributed by atoms with van der Waals surface area (Å²) in [6.07, 6.45) is 0.806. The number of carbonyl (C=O) groups is 2. The number of nitrogens with zero attached hydrogens (tertiary/aromatic N) is 2. The van der Waals surface area contributed by atoms with Gasteiger partial charge in [0.05, 0.1) is 43.0 Å². The Morgan fingerprint density at radius 2 is 1.86 bits per heavy atom. The van der Waals surface area contributed by atoms with Gasteiger partial charge in [-0.15, -0.1) is 0 Å². The molecule has 0 spiro atoms. The lowest BCUT2D eigenvalue weighted by molar-refractivity contribution is -0.142. The van der Waals surface area contributed by atoms with Gasteiger partial charge in [0, 0.05) is 29.5 Å². The van der Waals surface area contributed by atoms with E-state index >= 15 is 0 Å². The second kappa shape index (κ2) is 13.4. The Morgan fingerprint density at radius 1 is 1.12 bits per heavy atom. The average molecular weight is 594 g/mol. The number of benzene rings is 2. The quantitative estimate of drug-likeness (QED) is 0.239. The minimum atomic E-state index is -0.697. The predicted molar refractivity (Wildman–Crippen MR) is 166 cm³/mol. The number of hydrogen-bond acceptors (Lipinski definition) is 8. The van der Waals surface area contributed by atoms with E-state index in [1.807, 2.05) is 82.3 Å². The number of likely N-dealkylation sites (tertiary alicyclic amines) is 1. The van der Waals surface area contributed by atoms with Gasteiger partial charge in [0.1, 0.15) is 29.2 Å². The van der Waals surface area contributed by atoms with Gasteiger partial charge in [0.2, 0.25) is 0 Å². The number of aromatic nitrogens is 1. The molecule has 1 aliphatic heterocycles. The Morgan fingerprint density at radius 3 is 2.50 bits per heavy atom. The highest BCUT2D eigenvalue weighted by molar-refractivity contribution is 7.80. The van der Waals surface area contributed by atoms with Crippen molar-refractivity contribution in [1.82, 2.24) is 15.2 Å². The molecule has 1 aromatic heterocycles. The average Bonchev–Trinajstić information content (AvgIpc) is 3.40. The zero-order valence-electron chi connectivity index (χ0n) is 25.0. The van der Waals surface area contributed by atoms with E-state index in [2.05, 4.69) is 5.32 Å². The number of methoxy groups -OCH3 is 2. The minimum absolute atomic E-state index is 0.249. The Balaban J connectivity index is 1.67. The van der Waals surface area contributed by atoms with Crippen molar-refractivity contribution in [2.45, 2.75) is 70.7 Å². The SMILES string of the molecule is CCC[C@H](NC(=S)[C@@H]1CC(Oc2cc(-c3ccccc3)nc3cc(OC)ccc23)CN1C(=O)OC(C)(C)C)C(=O)OC. The van der Waals surface area contributed by atoms with Crippen LogP contribution in [0.3, 0.4) is 0 Å². The number of amides is 1. The van der Waals surface area contributed by atoms with Crippen molar-refractivity contribution < 1.29 is 28.5 Å². The van der Waals surface area contributed by atoms with Gasteiger partial charge >= 0.3 is 12.1 Å². The van der Waals surface area contributed by atoms with Gasteiger partial charge in [-0.25, -0.2) is 14.6 Å². The Kier molecular flexibility index (Phi) is 9.88. The van der Waals surface area contributed by atoms with E-state index in [0.29, 0.717) is 29.3 Å². The van der Waals surface area contributed by atoms with Crippen molar-refractivity contribution in [2.75, 3.05) is 20.8 Å². The number of nitrogens with one attached hydrogen (secondary N) is 1. The topological polar surface area (TPSA) is 99.2 Å². The molecule has 1 N–H and O–H groups in total. The van der Waals surface area contributed by atoms with Crippen molar-refractivity contribution in [3.05, 3.63) is 54.6 Å². The number of hydrogen-bond donors (Lipinski definition) is 1. The molecule has 224 valence electrons. The summed E-state index contributed by atoms with van der Waals surface area (Å²) < 4.78 is 22.8. The zero-order chi connectivity index (χ0) is 30.4. The molecule has 0 saturated carbocycles. The van der Waals surface area contributed by atoms with Gasteiger partial charge in [0.25, 0.3) is 0 Å². The molecule has 2 heterocycles. The monoisotopic (exact) mass is 593 g/mol. The molecule has 1 fully saturated rings. The lowest BCUT2D eigenvalue weighted by atomic mass is 10.1. The van der Waals surface area contributed by atoms with Gasteiger partial charge in [-0.3, -0.25) is 4.90 Å². The fourth-order valence-corrected chi connectivity index (χ4v) is 5.30. The number of pyridine rings is 1. The molecule has 4 rings (SSSR count). The van der Waals surface area contributed by atoms with E-state index in [-0.39, 0.29) is 6.54 Å². The molecule has 0 bridgehead atoms. The number of rotatable bonds is 9. The lowest BCUT2D eigenvalue weighted by Gasteiger charge is -2.30. The van der Waals surface area contributed by atoms with Crippen molar-refractivity contribution >= 4 is 40.2 Å². The van der Waals surface area contributed by atoms with E-state index in [0.717, 1.165) is 28.6 Å². The van der Waals surface area contributed by atoms with Crippen LogP contribution in [0, 0.1) is 0 Å². The Hall–Kier alpha value is -3.92. The van der Waals surface area contributed by atoms with Gasteiger partial charge in [-0.1, -0.05) is 55.9 Å². The van der Waals surface area contributed by atoms with Crippen LogP contribution in [0.4, 0.5) is 4.79 Å². The molecule has 3 atom stereocenters. The molecule has 42 heavy (non-hydrogen) atoms. The molecule has 1 saturated heterocycles. The molecule has 1 amide bonds. The van der Waals surface area contributed by atoms with Crippen LogP contribution in [-0.4, -0.2) is 71.5 Å². The maximum atomic E-state index is 13.3. The Labute approximate surface area is 252 Å². The largest absolute Gasteiger partial charge is 0.497 e. The zero-order valence-corrected chi connectivity index (χ0v) is 25.8. The molecule has 0 radical (unpaired) electrons. The van der Waals surface area contributed by atoms with Gasteiger partial charge < -0.3 is 24.3 Å². The molecule has 1 unspecified atom stereocenters. The first-order chi connectivity index (χ1) is 20.0. The summed E-state index contributed by atoms with van der Waals surface area (Å²) in [4.78, 5) is 32.6. The predicted octanol–water partition coefficient (Wildman–Crippen LogP) is 5.93. The summed E-state index contributed by atoms with van der Waals surface area (Å²) in [5, 5.41) is 3.96. The normalized spacial score (nSPS) is 17.4. The molecule has 2 aromatic carbocycles. The maximum Gasteiger partial charge on any atom is 0.411 e. The third-order valence-corrected chi connectivity index (χ3v) is 7.31. The first kappa shape index (κ1) is 31.0. The fourth-order valence-electron chi connectivity index (χ4n) is 4.94. The van der Waals surface area contributed by atoms with Crippen LogP contribution in [0.5, 0.6) is 11.5 Å². The van der Waals surface area contributed by atoms with Crippen LogP contribution >= 0.6 is 12.2 Å². The van der Waals surface area contributed by atoms with Crippen LogP contribution in [-0.2, 0) is 14.3 Å². The first-order valence-corrected chi connectivity index (χ1v) is 14.5. The van der Waals surface area contributed by atoms with Crippen molar-refractivity contribution in [3.63, 3.8) is 0 Å². The van der Waals surface area contributed by atoms with E-state index in [1.54, 1.807) is 12.0 Å². The van der Waals surface area contributed by atoms with Gasteiger partial charge in [-0.05, 0) is 39.3 Å². The van der Waals surface area contributed by atoms with Gasteiger partial charge in [0.15, 0.2) is 0 Å². The lowest BCUT2D eigenvalue weighted by Crippen LogP contribution is -2.51. The third-order valence-electron chi connectivity index (χ3n) is 6.92. The summed E-state index contributed by atoms with van der Waals surface area (Å²) in [5.74, 6) is 0.918. The van der Waals surface area contributed by atoms with Crippen LogP contribution in [0.15, 0.2) is 54.6 Å². The van der Waals surface area contributed by atoms with E-state index in [9.17, 15) is 9.59 Å². The van der Waals surface area contributed by atoms with Crippen LogP contribution < -0.4 is 14.8 Å². The van der Waals surface area contributed by atoms with Crippen molar-refractivity contribution in [2.24, 2.45) is 0 Å². The molecule has 1 aliphatic rings. The summed E-state index contributed by atoms with van der Waals surface area (Å²) in [6, 6.07) is 16.3. The molecule has 3 aromatic rings. The molecule has 0 aliphatic carbocycles.